The second kappa shape index (κ2) is 7.00. The van der Waals surface area contributed by atoms with E-state index in [-0.39, 0.29) is 18.4 Å². The lowest BCUT2D eigenvalue weighted by Crippen LogP contribution is -2.25. The summed E-state index contributed by atoms with van der Waals surface area (Å²) in [4.78, 5) is 16.6. The van der Waals surface area contributed by atoms with Gasteiger partial charge in [0, 0.05) is 11.5 Å². The van der Waals surface area contributed by atoms with Crippen LogP contribution < -0.4 is 10.1 Å². The molecule has 6 heteroatoms. The largest absolute Gasteiger partial charge is 0.497 e. The van der Waals surface area contributed by atoms with Crippen molar-refractivity contribution in [2.45, 2.75) is 18.9 Å². The third-order valence-corrected chi connectivity index (χ3v) is 4.58. The zero-order valence-corrected chi connectivity index (χ0v) is 14.4. The van der Waals surface area contributed by atoms with Crippen LogP contribution in [0.4, 0.5) is 0 Å². The van der Waals surface area contributed by atoms with Crippen molar-refractivity contribution in [2.24, 2.45) is 5.92 Å². The number of nitrogens with one attached hydrogen (secondary N) is 1. The van der Waals surface area contributed by atoms with Gasteiger partial charge in [-0.3, -0.25) is 4.79 Å². The Morgan fingerprint density at radius 1 is 1.19 bits per heavy atom. The van der Waals surface area contributed by atoms with Crippen LogP contribution in [0.15, 0.2) is 59.1 Å². The molecule has 1 heterocycles. The molecule has 0 spiro atoms. The summed E-state index contributed by atoms with van der Waals surface area (Å²) in [6, 6.07) is 17.5. The fraction of sp³-hybridized carbons (Fsp3) is 0.250. The highest BCUT2D eigenvalue weighted by Gasteiger charge is 2.43. The topological polar surface area (TPSA) is 77.2 Å². The molecule has 1 aliphatic rings. The minimum Gasteiger partial charge on any atom is -0.497 e. The Hall–Kier alpha value is -3.15. The van der Waals surface area contributed by atoms with E-state index in [4.69, 9.17) is 9.26 Å². The van der Waals surface area contributed by atoms with Crippen LogP contribution in [0.1, 0.15) is 23.7 Å². The smallest absolute Gasteiger partial charge is 0.257 e. The molecule has 0 bridgehead atoms. The van der Waals surface area contributed by atoms with Crippen molar-refractivity contribution >= 4 is 5.91 Å². The summed E-state index contributed by atoms with van der Waals surface area (Å²) >= 11 is 0. The highest BCUT2D eigenvalue weighted by molar-refractivity contribution is 5.82. The lowest BCUT2D eigenvalue weighted by atomic mass is 10.1. The summed E-state index contributed by atoms with van der Waals surface area (Å²) in [5, 5.41) is 6.83. The Morgan fingerprint density at radius 3 is 2.69 bits per heavy atom. The second-order valence-electron chi connectivity index (χ2n) is 6.32. The van der Waals surface area contributed by atoms with Crippen LogP contribution in [0.5, 0.6) is 5.75 Å². The van der Waals surface area contributed by atoms with Crippen molar-refractivity contribution < 1.29 is 14.1 Å². The number of nitrogens with zero attached hydrogens (tertiary/aromatic N) is 2. The van der Waals surface area contributed by atoms with Crippen LogP contribution in [0.3, 0.4) is 0 Å². The number of benzene rings is 2. The van der Waals surface area contributed by atoms with Gasteiger partial charge in [-0.1, -0.05) is 35.5 Å². The average molecular weight is 349 g/mol. The van der Waals surface area contributed by atoms with Crippen molar-refractivity contribution in [2.75, 3.05) is 7.11 Å². The first-order valence-corrected chi connectivity index (χ1v) is 8.54. The molecular formula is C20H19N3O3. The summed E-state index contributed by atoms with van der Waals surface area (Å²) in [5.74, 6) is 2.03. The summed E-state index contributed by atoms with van der Waals surface area (Å²) in [5.41, 5.74) is 2.02. The molecule has 0 saturated heterocycles. The first kappa shape index (κ1) is 16.3. The molecule has 4 rings (SSSR count). The van der Waals surface area contributed by atoms with Crippen LogP contribution in [-0.2, 0) is 11.3 Å². The van der Waals surface area contributed by atoms with Crippen LogP contribution in [0.2, 0.25) is 0 Å². The minimum absolute atomic E-state index is 0.0327. The quantitative estimate of drug-likeness (QED) is 0.740. The van der Waals surface area contributed by atoms with Gasteiger partial charge in [-0.2, -0.15) is 4.98 Å². The molecule has 1 aliphatic carbocycles. The van der Waals surface area contributed by atoms with E-state index < -0.39 is 0 Å². The molecule has 0 aliphatic heterocycles. The van der Waals surface area contributed by atoms with E-state index in [1.807, 2.05) is 42.5 Å². The van der Waals surface area contributed by atoms with Gasteiger partial charge in [0.1, 0.15) is 5.75 Å². The molecule has 6 nitrogen and oxygen atoms in total. The van der Waals surface area contributed by atoms with Gasteiger partial charge >= 0.3 is 0 Å². The molecule has 1 amide bonds. The zero-order chi connectivity index (χ0) is 17.9. The molecule has 1 aromatic heterocycles. The van der Waals surface area contributed by atoms with Crippen LogP contribution in [0.25, 0.3) is 11.5 Å². The fourth-order valence-corrected chi connectivity index (χ4v) is 3.03. The molecule has 2 aromatic carbocycles. The number of aromatic nitrogens is 2. The maximum Gasteiger partial charge on any atom is 0.257 e. The minimum atomic E-state index is 0.0327. The number of amides is 1. The van der Waals surface area contributed by atoms with E-state index in [9.17, 15) is 4.79 Å². The molecule has 0 unspecified atom stereocenters. The molecule has 26 heavy (non-hydrogen) atoms. The molecule has 1 N–H and O–H groups in total. The van der Waals surface area contributed by atoms with Gasteiger partial charge in [0.25, 0.3) is 5.89 Å². The summed E-state index contributed by atoms with van der Waals surface area (Å²) in [7, 11) is 1.62. The molecular weight excluding hydrogens is 330 g/mol. The Balaban J connectivity index is 1.33. The average Bonchev–Trinajstić information content (AvgIpc) is 3.37. The fourth-order valence-electron chi connectivity index (χ4n) is 3.03. The van der Waals surface area contributed by atoms with Gasteiger partial charge in [-0.15, -0.1) is 0 Å². The van der Waals surface area contributed by atoms with Crippen molar-refractivity contribution in [3.8, 4) is 17.2 Å². The number of carbonyl (C=O) groups excluding carboxylic acids is 1. The van der Waals surface area contributed by atoms with Crippen LogP contribution >= 0.6 is 0 Å². The predicted molar refractivity (Wildman–Crippen MR) is 95.4 cm³/mol. The lowest BCUT2D eigenvalue weighted by molar-refractivity contribution is -0.122. The maximum absolute atomic E-state index is 12.3. The summed E-state index contributed by atoms with van der Waals surface area (Å²) in [6.07, 6.45) is 0.888. The van der Waals surface area contributed by atoms with Gasteiger partial charge in [-0.25, -0.2) is 0 Å². The van der Waals surface area contributed by atoms with Crippen molar-refractivity contribution in [1.29, 1.82) is 0 Å². The second-order valence-corrected chi connectivity index (χ2v) is 6.32. The third kappa shape index (κ3) is 3.44. The third-order valence-electron chi connectivity index (χ3n) is 4.58. The first-order valence-electron chi connectivity index (χ1n) is 8.54. The SMILES string of the molecule is COc1ccc(-c2nc(CNC(=O)[C@H]3C[C@@H]3c3ccccc3)no2)cc1. The Morgan fingerprint density at radius 2 is 1.96 bits per heavy atom. The number of carbonyl (C=O) groups is 1. The van der Waals surface area contributed by atoms with Crippen molar-refractivity contribution in [3.63, 3.8) is 0 Å². The predicted octanol–water partition coefficient (Wildman–Crippen LogP) is 3.17. The van der Waals surface area contributed by atoms with Crippen molar-refractivity contribution in [1.82, 2.24) is 15.5 Å². The molecule has 132 valence electrons. The molecule has 3 aromatic rings. The maximum atomic E-state index is 12.3. The standard InChI is InChI=1S/C20H19N3O3/c1-25-15-9-7-14(8-10-15)20-22-18(23-26-20)12-21-19(24)17-11-16(17)13-5-3-2-4-6-13/h2-10,16-17H,11-12H2,1H3,(H,21,24)/t16-,17+/m1/s1. The van der Waals surface area contributed by atoms with E-state index in [0.29, 0.717) is 17.6 Å². The summed E-state index contributed by atoms with van der Waals surface area (Å²) in [6.45, 7) is 0.260. The van der Waals surface area contributed by atoms with Gasteiger partial charge < -0.3 is 14.6 Å². The highest BCUT2D eigenvalue weighted by atomic mass is 16.5. The number of methoxy groups -OCH3 is 1. The Labute approximate surface area is 151 Å². The number of rotatable bonds is 6. The van der Waals surface area contributed by atoms with E-state index in [1.54, 1.807) is 7.11 Å². The highest BCUT2D eigenvalue weighted by Crippen LogP contribution is 2.47. The van der Waals surface area contributed by atoms with Gasteiger partial charge in [0.15, 0.2) is 5.82 Å². The number of ether oxygens (including phenoxy) is 1. The van der Waals surface area contributed by atoms with E-state index >= 15 is 0 Å². The van der Waals surface area contributed by atoms with Crippen molar-refractivity contribution in [3.05, 3.63) is 66.0 Å². The monoisotopic (exact) mass is 349 g/mol. The van der Waals surface area contributed by atoms with E-state index in [1.165, 1.54) is 5.56 Å². The first-order chi connectivity index (χ1) is 12.7. The number of hydrogen-bond acceptors (Lipinski definition) is 5. The molecule has 2 atom stereocenters. The van der Waals surface area contributed by atoms with Crippen LogP contribution in [0, 0.1) is 5.92 Å². The summed E-state index contributed by atoms with van der Waals surface area (Å²) < 4.78 is 10.4. The van der Waals surface area contributed by atoms with Crippen LogP contribution in [-0.4, -0.2) is 23.2 Å². The molecule has 1 fully saturated rings. The van der Waals surface area contributed by atoms with E-state index in [2.05, 4.69) is 27.6 Å². The zero-order valence-electron chi connectivity index (χ0n) is 14.4. The molecule has 1 saturated carbocycles. The molecule has 0 radical (unpaired) electrons. The Bertz CT molecular complexity index is 890. The van der Waals surface area contributed by atoms with Gasteiger partial charge in [0.2, 0.25) is 5.91 Å². The number of hydrogen-bond donors (Lipinski definition) is 1. The normalized spacial score (nSPS) is 18.3. The Kier molecular flexibility index (Phi) is 4.39. The van der Waals surface area contributed by atoms with Gasteiger partial charge in [0.05, 0.1) is 13.7 Å². The van der Waals surface area contributed by atoms with Gasteiger partial charge in [-0.05, 0) is 42.2 Å². The lowest BCUT2D eigenvalue weighted by Gasteiger charge is -2.02. The van der Waals surface area contributed by atoms with E-state index in [0.717, 1.165) is 17.7 Å².